The number of hydrogen-bond donors (Lipinski definition) is 0. The lowest BCUT2D eigenvalue weighted by molar-refractivity contribution is 0.313. The first-order valence-corrected chi connectivity index (χ1v) is 7.06. The van der Waals surface area contributed by atoms with E-state index in [2.05, 4.69) is 5.01 Å². The monoisotopic (exact) mass is 240 g/mol. The maximum atomic E-state index is 11.5. The van der Waals surface area contributed by atoms with Gasteiger partial charge in [-0.15, -0.1) is 0 Å². The molecule has 0 aromatic heterocycles. The molecule has 1 aliphatic rings. The highest BCUT2D eigenvalue weighted by Crippen LogP contribution is 2.28. The Morgan fingerprint density at radius 1 is 1.25 bits per heavy atom. The Morgan fingerprint density at radius 3 is 2.56 bits per heavy atom. The molecule has 5 heteroatoms. The Bertz CT molecular complexity index is 511. The summed E-state index contributed by atoms with van der Waals surface area (Å²) in [6.45, 7) is 0.960. The first kappa shape index (κ1) is 11.4. The maximum Gasteiger partial charge on any atom is 0.175 e. The lowest BCUT2D eigenvalue weighted by Gasteiger charge is -2.36. The predicted molar refractivity (Wildman–Crippen MR) is 64.3 cm³/mol. The Kier molecular flexibility index (Phi) is 2.67. The number of rotatable bonds is 1. The van der Waals surface area contributed by atoms with Crippen molar-refractivity contribution in [1.82, 2.24) is 5.01 Å². The molecule has 1 aliphatic heterocycles. The predicted octanol–water partition coefficient (Wildman–Crippen LogP) is 0.929. The minimum absolute atomic E-state index is 0.383. The number of anilines is 1. The van der Waals surface area contributed by atoms with Crippen molar-refractivity contribution in [3.63, 3.8) is 0 Å². The van der Waals surface area contributed by atoms with E-state index in [-0.39, 0.29) is 0 Å². The van der Waals surface area contributed by atoms with E-state index in [9.17, 15) is 8.42 Å². The van der Waals surface area contributed by atoms with Crippen LogP contribution in [-0.4, -0.2) is 40.3 Å². The topological polar surface area (TPSA) is 40.6 Å². The van der Waals surface area contributed by atoms with Gasteiger partial charge in [-0.1, -0.05) is 6.07 Å². The molecular weight excluding hydrogens is 224 g/mol. The summed E-state index contributed by atoms with van der Waals surface area (Å²) in [7, 11) is 0.822. The number of hydrazine groups is 1. The zero-order valence-corrected chi connectivity index (χ0v) is 10.6. The van der Waals surface area contributed by atoms with Gasteiger partial charge >= 0.3 is 0 Å². The number of hydrogen-bond acceptors (Lipinski definition) is 4. The van der Waals surface area contributed by atoms with Gasteiger partial charge in [-0.25, -0.2) is 13.4 Å². The molecule has 88 valence electrons. The molecule has 1 aromatic carbocycles. The molecule has 0 unspecified atom stereocenters. The fraction of sp³-hybridized carbons (Fsp3) is 0.455. The van der Waals surface area contributed by atoms with Gasteiger partial charge in [0.05, 0.1) is 10.6 Å². The molecule has 0 saturated heterocycles. The van der Waals surface area contributed by atoms with Gasteiger partial charge in [0.1, 0.15) is 0 Å². The van der Waals surface area contributed by atoms with Gasteiger partial charge in [-0.3, -0.25) is 0 Å². The molecule has 0 radical (unpaired) electrons. The Morgan fingerprint density at radius 2 is 1.94 bits per heavy atom. The average Bonchev–Trinajstić information content (AvgIpc) is 2.22. The molecule has 0 fully saturated rings. The lowest BCUT2D eigenvalue weighted by Crippen LogP contribution is -2.41. The van der Waals surface area contributed by atoms with Crippen molar-refractivity contribution < 1.29 is 8.42 Å². The summed E-state index contributed by atoms with van der Waals surface area (Å²) in [4.78, 5) is 0.383. The SMILES string of the molecule is CN1CCc2ccc(S(C)(=O)=O)cc2N1C. The van der Waals surface area contributed by atoms with E-state index in [1.165, 1.54) is 11.8 Å². The lowest BCUT2D eigenvalue weighted by atomic mass is 10.1. The highest BCUT2D eigenvalue weighted by Gasteiger charge is 2.20. The van der Waals surface area contributed by atoms with Crippen LogP contribution in [0.25, 0.3) is 0 Å². The second kappa shape index (κ2) is 3.75. The van der Waals surface area contributed by atoms with Crippen LogP contribution in [-0.2, 0) is 16.3 Å². The van der Waals surface area contributed by atoms with E-state index >= 15 is 0 Å². The van der Waals surface area contributed by atoms with Crippen molar-refractivity contribution in [2.45, 2.75) is 11.3 Å². The molecule has 4 nitrogen and oxygen atoms in total. The molecule has 0 atom stereocenters. The van der Waals surface area contributed by atoms with Crippen LogP contribution in [0.15, 0.2) is 23.1 Å². The van der Waals surface area contributed by atoms with Crippen molar-refractivity contribution >= 4 is 15.5 Å². The highest BCUT2D eigenvalue weighted by atomic mass is 32.2. The smallest absolute Gasteiger partial charge is 0.175 e. The summed E-state index contributed by atoms with van der Waals surface area (Å²) in [5, 5.41) is 4.07. The summed E-state index contributed by atoms with van der Waals surface area (Å²) in [6.07, 6.45) is 2.20. The Hall–Kier alpha value is -1.07. The van der Waals surface area contributed by atoms with Crippen LogP contribution >= 0.6 is 0 Å². The third kappa shape index (κ3) is 1.92. The molecule has 0 N–H and O–H groups in total. The molecule has 0 amide bonds. The second-order valence-corrected chi connectivity index (χ2v) is 6.23. The van der Waals surface area contributed by atoms with Crippen LogP contribution in [0.3, 0.4) is 0 Å². The van der Waals surface area contributed by atoms with Crippen LogP contribution in [0.5, 0.6) is 0 Å². The first-order valence-electron chi connectivity index (χ1n) is 5.17. The van der Waals surface area contributed by atoms with Gasteiger partial charge in [0, 0.05) is 26.9 Å². The first-order chi connectivity index (χ1) is 7.39. The van der Waals surface area contributed by atoms with E-state index in [1.807, 2.05) is 25.2 Å². The summed E-state index contributed by atoms with van der Waals surface area (Å²) >= 11 is 0. The summed E-state index contributed by atoms with van der Waals surface area (Å²) in [5.74, 6) is 0. The van der Waals surface area contributed by atoms with Crippen molar-refractivity contribution in [1.29, 1.82) is 0 Å². The maximum absolute atomic E-state index is 11.5. The van der Waals surface area contributed by atoms with E-state index in [1.54, 1.807) is 12.1 Å². The molecule has 16 heavy (non-hydrogen) atoms. The summed E-state index contributed by atoms with van der Waals surface area (Å²) in [6, 6.07) is 5.35. The minimum atomic E-state index is -3.12. The zero-order chi connectivity index (χ0) is 11.9. The highest BCUT2D eigenvalue weighted by molar-refractivity contribution is 7.90. The van der Waals surface area contributed by atoms with Gasteiger partial charge in [-0.2, -0.15) is 0 Å². The van der Waals surface area contributed by atoms with Gasteiger partial charge in [0.2, 0.25) is 0 Å². The van der Waals surface area contributed by atoms with Crippen molar-refractivity contribution in [2.75, 3.05) is 31.9 Å². The van der Waals surface area contributed by atoms with Crippen LogP contribution < -0.4 is 5.01 Å². The number of likely N-dealkylation sites (N-methyl/N-ethyl adjacent to an activating group) is 1. The molecule has 0 saturated carbocycles. The van der Waals surface area contributed by atoms with Crippen LogP contribution in [0.1, 0.15) is 5.56 Å². The van der Waals surface area contributed by atoms with Gasteiger partial charge in [0.15, 0.2) is 9.84 Å². The molecule has 0 bridgehead atoms. The van der Waals surface area contributed by atoms with E-state index in [4.69, 9.17) is 0 Å². The molecule has 2 rings (SSSR count). The third-order valence-electron chi connectivity index (χ3n) is 3.05. The van der Waals surface area contributed by atoms with Crippen molar-refractivity contribution in [3.05, 3.63) is 23.8 Å². The minimum Gasteiger partial charge on any atom is -0.309 e. The van der Waals surface area contributed by atoms with E-state index in [0.29, 0.717) is 4.90 Å². The van der Waals surface area contributed by atoms with E-state index in [0.717, 1.165) is 18.7 Å². The Balaban J connectivity index is 2.53. The summed E-state index contributed by atoms with van der Waals surface area (Å²) < 4.78 is 22.9. The summed E-state index contributed by atoms with van der Waals surface area (Å²) in [5.41, 5.74) is 2.18. The number of sulfone groups is 1. The zero-order valence-electron chi connectivity index (χ0n) is 9.77. The molecule has 1 aromatic rings. The van der Waals surface area contributed by atoms with Gasteiger partial charge in [-0.05, 0) is 24.1 Å². The van der Waals surface area contributed by atoms with E-state index < -0.39 is 9.84 Å². The molecule has 1 heterocycles. The molecule has 0 aliphatic carbocycles. The van der Waals surface area contributed by atoms with Crippen LogP contribution in [0.2, 0.25) is 0 Å². The fourth-order valence-electron chi connectivity index (χ4n) is 1.90. The Labute approximate surface area is 96.4 Å². The molecular formula is C11H16N2O2S. The standard InChI is InChI=1S/C11H16N2O2S/c1-12-7-6-9-4-5-10(16(3,14)15)8-11(9)13(12)2/h4-5,8H,6-7H2,1-3H3. The number of fused-ring (bicyclic) bond motifs is 1. The largest absolute Gasteiger partial charge is 0.309 e. The normalized spacial score (nSPS) is 17.3. The van der Waals surface area contributed by atoms with Gasteiger partial charge in [0.25, 0.3) is 0 Å². The van der Waals surface area contributed by atoms with Crippen LogP contribution in [0.4, 0.5) is 5.69 Å². The quantitative estimate of drug-likeness (QED) is 0.732. The van der Waals surface area contributed by atoms with Gasteiger partial charge < -0.3 is 5.01 Å². The average molecular weight is 240 g/mol. The second-order valence-electron chi connectivity index (χ2n) is 4.22. The molecule has 0 spiro atoms. The van der Waals surface area contributed by atoms with Crippen LogP contribution in [0, 0.1) is 0 Å². The van der Waals surface area contributed by atoms with Crippen molar-refractivity contribution in [2.24, 2.45) is 0 Å². The third-order valence-corrected chi connectivity index (χ3v) is 4.16. The fourth-order valence-corrected chi connectivity index (χ4v) is 2.54. The number of nitrogens with zero attached hydrogens (tertiary/aromatic N) is 2. The van der Waals surface area contributed by atoms with Crippen molar-refractivity contribution in [3.8, 4) is 0 Å². The number of benzene rings is 1.